The Kier molecular flexibility index (Phi) is 5.68. The summed E-state index contributed by atoms with van der Waals surface area (Å²) in [6.45, 7) is 0.898. The summed E-state index contributed by atoms with van der Waals surface area (Å²) in [4.78, 5) is 40.1. The van der Waals surface area contributed by atoms with Gasteiger partial charge in [0.1, 0.15) is 11.5 Å². The Labute approximate surface area is 161 Å². The van der Waals surface area contributed by atoms with Gasteiger partial charge < -0.3 is 19.0 Å². The van der Waals surface area contributed by atoms with Crippen molar-refractivity contribution < 1.29 is 32.0 Å². The van der Waals surface area contributed by atoms with Gasteiger partial charge in [0.25, 0.3) is 5.91 Å². The van der Waals surface area contributed by atoms with Gasteiger partial charge in [-0.05, 0) is 31.5 Å². The van der Waals surface area contributed by atoms with E-state index in [1.807, 2.05) is 0 Å². The number of carbonyl (C=O) groups excluding carboxylic acids is 3. The molecule has 1 aliphatic heterocycles. The first-order chi connectivity index (χ1) is 13.2. The number of aromatic nitrogens is 1. The third-order valence-electron chi connectivity index (χ3n) is 4.51. The van der Waals surface area contributed by atoms with Crippen molar-refractivity contribution in [1.29, 1.82) is 0 Å². The molecule has 150 valence electrons. The van der Waals surface area contributed by atoms with E-state index in [0.29, 0.717) is 17.7 Å². The zero-order valence-electron chi connectivity index (χ0n) is 15.2. The summed E-state index contributed by atoms with van der Waals surface area (Å²) >= 11 is 0. The van der Waals surface area contributed by atoms with Crippen molar-refractivity contribution in [3.63, 3.8) is 0 Å². The number of furan rings is 1. The van der Waals surface area contributed by atoms with Crippen molar-refractivity contribution in [1.82, 2.24) is 9.88 Å². The Hall–Kier alpha value is -2.88. The predicted molar refractivity (Wildman–Crippen MR) is 97.4 cm³/mol. The molecule has 3 heterocycles. The molecule has 1 aliphatic rings. The fourth-order valence-electron chi connectivity index (χ4n) is 3.02. The van der Waals surface area contributed by atoms with Gasteiger partial charge >= 0.3 is 5.97 Å². The number of nitrogens with zero attached hydrogens (tertiary/aromatic N) is 1. The number of hydrogen-bond acceptors (Lipinski definition) is 7. The molecule has 0 aromatic carbocycles. The molecule has 10 heteroatoms. The smallest absolute Gasteiger partial charge is 0.355 e. The fraction of sp³-hybridized carbons (Fsp3) is 0.389. The van der Waals surface area contributed by atoms with Gasteiger partial charge in [0, 0.05) is 17.8 Å². The zero-order chi connectivity index (χ0) is 20.3. The highest BCUT2D eigenvalue weighted by molar-refractivity contribution is 7.91. The third kappa shape index (κ3) is 4.69. The molecule has 1 saturated heterocycles. The number of rotatable bonds is 7. The normalized spacial score (nSPS) is 18.0. The van der Waals surface area contributed by atoms with Crippen LogP contribution in [0.15, 0.2) is 35.1 Å². The number of hydrogen-bond donors (Lipinski definition) is 1. The highest BCUT2D eigenvalue weighted by Crippen LogP contribution is 2.21. The Morgan fingerprint density at radius 1 is 1.36 bits per heavy atom. The van der Waals surface area contributed by atoms with E-state index in [2.05, 4.69) is 4.98 Å². The van der Waals surface area contributed by atoms with Crippen LogP contribution in [0.3, 0.4) is 0 Å². The predicted octanol–water partition coefficient (Wildman–Crippen LogP) is 1.18. The molecule has 9 nitrogen and oxygen atoms in total. The summed E-state index contributed by atoms with van der Waals surface area (Å²) < 4.78 is 33.9. The molecule has 1 fully saturated rings. The van der Waals surface area contributed by atoms with Crippen LogP contribution in [0.1, 0.15) is 40.0 Å². The van der Waals surface area contributed by atoms with Crippen LogP contribution < -0.4 is 0 Å². The number of carbonyl (C=O) groups is 3. The van der Waals surface area contributed by atoms with Crippen molar-refractivity contribution in [2.75, 3.05) is 18.1 Å². The van der Waals surface area contributed by atoms with Gasteiger partial charge in [0.15, 0.2) is 22.2 Å². The molecule has 0 radical (unpaired) electrons. The number of H-pyrrole nitrogens is 1. The van der Waals surface area contributed by atoms with Crippen LogP contribution >= 0.6 is 0 Å². The molecule has 2 aromatic heterocycles. The zero-order valence-corrected chi connectivity index (χ0v) is 16.0. The molecule has 0 unspecified atom stereocenters. The number of ketones is 1. The quantitative estimate of drug-likeness (QED) is 0.538. The average molecular weight is 408 g/mol. The third-order valence-corrected chi connectivity index (χ3v) is 6.26. The molecule has 2 aromatic rings. The Balaban J connectivity index is 1.66. The lowest BCUT2D eigenvalue weighted by Crippen LogP contribution is -2.42. The van der Waals surface area contributed by atoms with Crippen molar-refractivity contribution in [3.05, 3.63) is 47.7 Å². The van der Waals surface area contributed by atoms with Crippen molar-refractivity contribution >= 4 is 27.5 Å². The van der Waals surface area contributed by atoms with Crippen LogP contribution in [0.5, 0.6) is 0 Å². The van der Waals surface area contributed by atoms with Gasteiger partial charge in [-0.15, -0.1) is 0 Å². The van der Waals surface area contributed by atoms with Gasteiger partial charge in [-0.1, -0.05) is 0 Å². The summed E-state index contributed by atoms with van der Waals surface area (Å²) in [5.74, 6) is -1.14. The van der Waals surface area contributed by atoms with Crippen LogP contribution in [-0.2, 0) is 25.9 Å². The first-order valence-corrected chi connectivity index (χ1v) is 10.5. The Morgan fingerprint density at radius 2 is 2.14 bits per heavy atom. The standard InChI is InChI=1S/C18H20N2O7S/c1-12(21)13-7-16(19-8-13)18(23)27-10-17(22)20(9-15-3-2-5-26-15)14-4-6-28(24,25)11-14/h2-3,5,7-8,14,19H,4,6,9-11H2,1H3/t14-/m0/s1. The van der Waals surface area contributed by atoms with Crippen molar-refractivity contribution in [2.24, 2.45) is 0 Å². The van der Waals surface area contributed by atoms with E-state index in [-0.39, 0.29) is 29.5 Å². The number of nitrogens with one attached hydrogen (secondary N) is 1. The number of esters is 1. The molecule has 1 N–H and O–H groups in total. The molecule has 3 rings (SSSR count). The van der Waals surface area contributed by atoms with Gasteiger partial charge in [-0.2, -0.15) is 0 Å². The van der Waals surface area contributed by atoms with Crippen molar-refractivity contribution in [3.8, 4) is 0 Å². The first-order valence-electron chi connectivity index (χ1n) is 8.64. The molecule has 0 spiro atoms. The minimum atomic E-state index is -3.20. The van der Waals surface area contributed by atoms with Gasteiger partial charge in [0.2, 0.25) is 0 Å². The highest BCUT2D eigenvalue weighted by atomic mass is 32.2. The Morgan fingerprint density at radius 3 is 2.71 bits per heavy atom. The fourth-order valence-corrected chi connectivity index (χ4v) is 4.75. The average Bonchev–Trinajstić information content (AvgIpc) is 3.37. The molecule has 0 bridgehead atoms. The van der Waals surface area contributed by atoms with E-state index in [4.69, 9.17) is 9.15 Å². The van der Waals surface area contributed by atoms with Crippen LogP contribution in [0.2, 0.25) is 0 Å². The second-order valence-electron chi connectivity index (χ2n) is 6.59. The first kappa shape index (κ1) is 19.9. The van der Waals surface area contributed by atoms with E-state index in [0.717, 1.165) is 0 Å². The largest absolute Gasteiger partial charge is 0.467 e. The van der Waals surface area contributed by atoms with Gasteiger partial charge in [-0.25, -0.2) is 13.2 Å². The maximum atomic E-state index is 12.7. The lowest BCUT2D eigenvalue weighted by molar-refractivity contribution is -0.137. The molecule has 28 heavy (non-hydrogen) atoms. The maximum Gasteiger partial charge on any atom is 0.355 e. The number of amides is 1. The van der Waals surface area contributed by atoms with Crippen LogP contribution in [0.4, 0.5) is 0 Å². The van der Waals surface area contributed by atoms with Gasteiger partial charge in [0.05, 0.1) is 24.3 Å². The van der Waals surface area contributed by atoms with E-state index in [9.17, 15) is 22.8 Å². The number of Topliss-reactive ketones (excluding diaryl/α,β-unsaturated/α-hetero) is 1. The Bertz CT molecular complexity index is 976. The van der Waals surface area contributed by atoms with Crippen LogP contribution in [0.25, 0.3) is 0 Å². The second-order valence-corrected chi connectivity index (χ2v) is 8.82. The van der Waals surface area contributed by atoms with Crippen LogP contribution in [-0.4, -0.2) is 60.1 Å². The van der Waals surface area contributed by atoms with Crippen LogP contribution in [0, 0.1) is 0 Å². The van der Waals surface area contributed by atoms with E-state index >= 15 is 0 Å². The van der Waals surface area contributed by atoms with E-state index in [1.54, 1.807) is 12.1 Å². The van der Waals surface area contributed by atoms with Gasteiger partial charge in [-0.3, -0.25) is 9.59 Å². The lowest BCUT2D eigenvalue weighted by atomic mass is 10.2. The topological polar surface area (TPSA) is 127 Å². The highest BCUT2D eigenvalue weighted by Gasteiger charge is 2.35. The molecule has 0 aliphatic carbocycles. The molecule has 1 atom stereocenters. The van der Waals surface area contributed by atoms with Crippen molar-refractivity contribution in [2.45, 2.75) is 25.9 Å². The summed E-state index contributed by atoms with van der Waals surface area (Å²) in [7, 11) is -3.20. The molecule has 0 saturated carbocycles. The SMILES string of the molecule is CC(=O)c1c[nH]c(C(=O)OCC(=O)N(Cc2ccco2)[C@H]2CCS(=O)(=O)C2)c1. The molecule has 1 amide bonds. The summed E-state index contributed by atoms with van der Waals surface area (Å²) in [5.41, 5.74) is 0.382. The lowest BCUT2D eigenvalue weighted by Gasteiger charge is -2.27. The van der Waals surface area contributed by atoms with E-state index < -0.39 is 34.4 Å². The number of aromatic amines is 1. The monoisotopic (exact) mass is 408 g/mol. The second kappa shape index (κ2) is 8.01. The molecular formula is C18H20N2O7S. The minimum absolute atomic E-state index is 0.00961. The maximum absolute atomic E-state index is 12.7. The summed E-state index contributed by atoms with van der Waals surface area (Å²) in [6, 6.07) is 4.19. The number of ether oxygens (including phenoxy) is 1. The minimum Gasteiger partial charge on any atom is -0.467 e. The number of sulfone groups is 1. The summed E-state index contributed by atoms with van der Waals surface area (Å²) in [6.07, 6.45) is 3.16. The summed E-state index contributed by atoms with van der Waals surface area (Å²) in [5, 5.41) is 0. The van der Waals surface area contributed by atoms with E-state index in [1.165, 1.54) is 30.4 Å². The molecular weight excluding hydrogens is 388 g/mol.